The van der Waals surface area contributed by atoms with E-state index in [1.165, 1.54) is 0 Å². The highest BCUT2D eigenvalue weighted by Gasteiger charge is 2.38. The minimum atomic E-state index is -4.76. The molecule has 2 aliphatic rings. The Morgan fingerprint density at radius 3 is 2.48 bits per heavy atom. The first kappa shape index (κ1) is 21.5. The summed E-state index contributed by atoms with van der Waals surface area (Å²) >= 11 is 0. The Hall–Kier alpha value is -2.16. The van der Waals surface area contributed by atoms with Gasteiger partial charge in [-0.1, -0.05) is 18.9 Å². The van der Waals surface area contributed by atoms with Crippen LogP contribution in [0, 0.1) is 10.1 Å². The van der Waals surface area contributed by atoms with Crippen molar-refractivity contribution >= 4 is 11.6 Å². The molecule has 1 aliphatic heterocycles. The van der Waals surface area contributed by atoms with E-state index < -0.39 is 28.8 Å². The topological polar surface area (TPSA) is 66.7 Å². The molecule has 1 saturated heterocycles. The van der Waals surface area contributed by atoms with E-state index in [0.717, 1.165) is 63.7 Å². The molecule has 2 fully saturated rings. The Labute approximate surface area is 167 Å². The molecule has 1 aliphatic carbocycles. The number of halogens is 3. The van der Waals surface area contributed by atoms with Crippen LogP contribution in [0.5, 0.6) is 0 Å². The smallest absolute Gasteiger partial charge is 0.341 e. The standard InChI is InChI=1S/C20H26F3N3O3/c1-24(17-6-2-3-7-18(17)25-10-4-5-11-25)19(27)12-14-8-9-15(26(28)29)13-16(14)20(21,22)23/h8-9,13,17-18H,2-7,10-12H2,1H3. The van der Waals surface area contributed by atoms with Gasteiger partial charge in [0.1, 0.15) is 0 Å². The van der Waals surface area contributed by atoms with Crippen LogP contribution in [0.15, 0.2) is 18.2 Å². The fourth-order valence-electron chi connectivity index (χ4n) is 4.61. The molecule has 0 bridgehead atoms. The number of nitro benzene ring substituents is 1. The SMILES string of the molecule is CN(C(=O)Cc1ccc([N+](=O)[O-])cc1C(F)(F)F)C1CCCCC1N1CCCC1. The highest BCUT2D eigenvalue weighted by atomic mass is 19.4. The molecule has 0 N–H and O–H groups in total. The molecule has 0 radical (unpaired) electrons. The van der Waals surface area contributed by atoms with Gasteiger partial charge in [-0.3, -0.25) is 19.8 Å². The maximum Gasteiger partial charge on any atom is 0.416 e. The van der Waals surface area contributed by atoms with E-state index in [9.17, 15) is 28.1 Å². The zero-order valence-corrected chi connectivity index (χ0v) is 16.5. The van der Waals surface area contributed by atoms with Gasteiger partial charge in [0, 0.05) is 31.3 Å². The van der Waals surface area contributed by atoms with E-state index in [4.69, 9.17) is 0 Å². The van der Waals surface area contributed by atoms with Gasteiger partial charge >= 0.3 is 6.18 Å². The lowest BCUT2D eigenvalue weighted by Crippen LogP contribution is -2.53. The van der Waals surface area contributed by atoms with Gasteiger partial charge in [0.05, 0.1) is 16.9 Å². The first-order valence-corrected chi connectivity index (χ1v) is 10.0. The first-order chi connectivity index (χ1) is 13.7. The number of nitro groups is 1. The number of hydrogen-bond acceptors (Lipinski definition) is 4. The lowest BCUT2D eigenvalue weighted by molar-refractivity contribution is -0.385. The largest absolute Gasteiger partial charge is 0.416 e. The van der Waals surface area contributed by atoms with E-state index in [0.29, 0.717) is 6.07 Å². The van der Waals surface area contributed by atoms with Gasteiger partial charge in [-0.25, -0.2) is 0 Å². The second kappa shape index (κ2) is 8.69. The van der Waals surface area contributed by atoms with E-state index in [1.54, 1.807) is 11.9 Å². The number of alkyl halides is 3. The molecule has 1 aromatic carbocycles. The highest BCUT2D eigenvalue weighted by Crippen LogP contribution is 2.35. The number of carbonyl (C=O) groups excluding carboxylic acids is 1. The summed E-state index contributed by atoms with van der Waals surface area (Å²) in [5.41, 5.74) is -1.98. The van der Waals surface area contributed by atoms with Gasteiger partial charge in [-0.05, 0) is 44.3 Å². The summed E-state index contributed by atoms with van der Waals surface area (Å²) in [6.07, 6.45) is 1.02. The summed E-state index contributed by atoms with van der Waals surface area (Å²) in [6.45, 7) is 2.01. The van der Waals surface area contributed by atoms with Crippen molar-refractivity contribution in [1.82, 2.24) is 9.80 Å². The van der Waals surface area contributed by atoms with Gasteiger partial charge in [0.15, 0.2) is 0 Å². The van der Waals surface area contributed by atoms with Crippen LogP contribution in [-0.4, -0.2) is 52.9 Å². The summed E-state index contributed by atoms with van der Waals surface area (Å²) in [4.78, 5) is 26.9. The fraction of sp³-hybridized carbons (Fsp3) is 0.650. The van der Waals surface area contributed by atoms with Crippen LogP contribution >= 0.6 is 0 Å². The molecular weight excluding hydrogens is 387 g/mol. The van der Waals surface area contributed by atoms with E-state index in [-0.39, 0.29) is 23.6 Å². The van der Waals surface area contributed by atoms with Crippen molar-refractivity contribution in [2.45, 2.75) is 63.2 Å². The van der Waals surface area contributed by atoms with Crippen molar-refractivity contribution in [2.75, 3.05) is 20.1 Å². The summed E-state index contributed by atoms with van der Waals surface area (Å²) in [5.74, 6) is -0.388. The zero-order chi connectivity index (χ0) is 21.2. The number of non-ortho nitro benzene ring substituents is 1. The van der Waals surface area contributed by atoms with Gasteiger partial charge < -0.3 is 4.90 Å². The predicted molar refractivity (Wildman–Crippen MR) is 101 cm³/mol. The fourth-order valence-corrected chi connectivity index (χ4v) is 4.61. The second-order valence-electron chi connectivity index (χ2n) is 7.94. The normalized spacial score (nSPS) is 23.2. The number of rotatable bonds is 5. The molecule has 1 saturated carbocycles. The summed E-state index contributed by atoms with van der Waals surface area (Å²) in [6, 6.07) is 2.81. The van der Waals surface area contributed by atoms with Gasteiger partial charge in [0.2, 0.25) is 5.91 Å². The number of amides is 1. The van der Waals surface area contributed by atoms with Gasteiger partial charge in [0.25, 0.3) is 5.69 Å². The maximum absolute atomic E-state index is 13.4. The molecule has 3 rings (SSSR count). The minimum absolute atomic E-state index is 0.0123. The quantitative estimate of drug-likeness (QED) is 0.540. The lowest BCUT2D eigenvalue weighted by atomic mass is 9.88. The monoisotopic (exact) mass is 413 g/mol. The number of likely N-dealkylation sites (tertiary alicyclic amines) is 1. The Balaban J connectivity index is 1.79. The molecule has 160 valence electrons. The average Bonchev–Trinajstić information content (AvgIpc) is 3.21. The molecule has 1 amide bonds. The first-order valence-electron chi connectivity index (χ1n) is 10.0. The Bertz CT molecular complexity index is 763. The molecule has 1 aromatic rings. The molecule has 1 heterocycles. The predicted octanol–water partition coefficient (Wildman–Crippen LogP) is 4.02. The Kier molecular flexibility index (Phi) is 6.45. The molecule has 0 aromatic heterocycles. The molecule has 2 atom stereocenters. The number of nitrogens with zero attached hydrogens (tertiary/aromatic N) is 3. The van der Waals surface area contributed by atoms with Crippen LogP contribution in [0.25, 0.3) is 0 Å². The summed E-state index contributed by atoms with van der Waals surface area (Å²) in [7, 11) is 1.67. The van der Waals surface area contributed by atoms with Crippen molar-refractivity contribution in [1.29, 1.82) is 0 Å². The van der Waals surface area contributed by atoms with Crippen LogP contribution in [0.2, 0.25) is 0 Å². The third-order valence-corrected chi connectivity index (χ3v) is 6.15. The summed E-state index contributed by atoms with van der Waals surface area (Å²) in [5, 5.41) is 10.8. The zero-order valence-electron chi connectivity index (χ0n) is 16.5. The summed E-state index contributed by atoms with van der Waals surface area (Å²) < 4.78 is 40.2. The van der Waals surface area contributed by atoms with Crippen LogP contribution in [0.4, 0.5) is 18.9 Å². The van der Waals surface area contributed by atoms with Crippen molar-refractivity contribution in [3.63, 3.8) is 0 Å². The number of hydrogen-bond donors (Lipinski definition) is 0. The van der Waals surface area contributed by atoms with Gasteiger partial charge in [-0.15, -0.1) is 0 Å². The molecular formula is C20H26F3N3O3. The highest BCUT2D eigenvalue weighted by molar-refractivity contribution is 5.79. The van der Waals surface area contributed by atoms with Crippen LogP contribution < -0.4 is 0 Å². The molecule has 9 heteroatoms. The number of carbonyl (C=O) groups is 1. The van der Waals surface area contributed by atoms with Crippen molar-refractivity contribution in [3.05, 3.63) is 39.4 Å². The van der Waals surface area contributed by atoms with Crippen LogP contribution in [-0.2, 0) is 17.4 Å². The van der Waals surface area contributed by atoms with E-state index in [1.807, 2.05) is 0 Å². The molecule has 0 spiro atoms. The molecule has 29 heavy (non-hydrogen) atoms. The van der Waals surface area contributed by atoms with Gasteiger partial charge in [-0.2, -0.15) is 13.2 Å². The Morgan fingerprint density at radius 1 is 1.21 bits per heavy atom. The average molecular weight is 413 g/mol. The lowest BCUT2D eigenvalue weighted by Gasteiger charge is -2.42. The second-order valence-corrected chi connectivity index (χ2v) is 7.94. The maximum atomic E-state index is 13.4. The molecule has 6 nitrogen and oxygen atoms in total. The minimum Gasteiger partial charge on any atom is -0.341 e. The van der Waals surface area contributed by atoms with E-state index >= 15 is 0 Å². The number of likely N-dealkylation sites (N-methyl/N-ethyl adjacent to an activating group) is 1. The van der Waals surface area contributed by atoms with Crippen molar-refractivity contribution < 1.29 is 22.9 Å². The van der Waals surface area contributed by atoms with Crippen LogP contribution in [0.1, 0.15) is 49.7 Å². The Morgan fingerprint density at radius 2 is 1.86 bits per heavy atom. The van der Waals surface area contributed by atoms with Crippen LogP contribution in [0.3, 0.4) is 0 Å². The van der Waals surface area contributed by atoms with Crippen molar-refractivity contribution in [2.24, 2.45) is 0 Å². The number of benzene rings is 1. The third kappa shape index (κ3) is 4.88. The molecule has 2 unspecified atom stereocenters. The third-order valence-electron chi connectivity index (χ3n) is 6.15. The van der Waals surface area contributed by atoms with Crippen molar-refractivity contribution in [3.8, 4) is 0 Å². The van der Waals surface area contributed by atoms with E-state index in [2.05, 4.69) is 4.90 Å².